The molecule has 0 aromatic carbocycles. The van der Waals surface area contributed by atoms with Gasteiger partial charge in [0.05, 0.1) is 19.5 Å². The summed E-state index contributed by atoms with van der Waals surface area (Å²) in [6.45, 7) is 1.98. The zero-order valence-corrected chi connectivity index (χ0v) is 16.5. The monoisotopic (exact) mass is 372 g/mol. The second-order valence-corrected chi connectivity index (χ2v) is 7.41. The number of rotatable bonds is 16. The second-order valence-electron chi connectivity index (χ2n) is 7.41. The first-order valence-electron chi connectivity index (χ1n) is 10.6. The molecule has 1 saturated heterocycles. The lowest BCUT2D eigenvalue weighted by Crippen LogP contribution is -2.41. The van der Waals surface area contributed by atoms with Gasteiger partial charge < -0.3 is 24.8 Å². The summed E-state index contributed by atoms with van der Waals surface area (Å²) < 4.78 is 10.8. The number of hydrogen-bond donors (Lipinski definition) is 3. The Morgan fingerprint density at radius 2 is 1.58 bits per heavy atom. The van der Waals surface area contributed by atoms with Gasteiger partial charge in [0.15, 0.2) is 6.10 Å². The molecule has 0 aliphatic carbocycles. The number of allylic oxidation sites excluding steroid dienone is 1. The van der Waals surface area contributed by atoms with E-state index in [1.807, 2.05) is 6.08 Å². The zero-order valence-electron chi connectivity index (χ0n) is 16.5. The fraction of sp³-hybridized carbons (Fsp3) is 0.905. The molecule has 0 aromatic heterocycles. The van der Waals surface area contributed by atoms with Crippen molar-refractivity contribution < 1.29 is 24.8 Å². The van der Waals surface area contributed by atoms with Gasteiger partial charge in [-0.05, 0) is 18.9 Å². The molecule has 5 heteroatoms. The van der Waals surface area contributed by atoms with Gasteiger partial charge in [0, 0.05) is 0 Å². The van der Waals surface area contributed by atoms with Crippen LogP contribution in [0.2, 0.25) is 0 Å². The van der Waals surface area contributed by atoms with Crippen molar-refractivity contribution in [2.75, 3.05) is 13.2 Å². The molecular formula is C21H40O5. The van der Waals surface area contributed by atoms with Crippen LogP contribution in [0.3, 0.4) is 0 Å². The molecule has 0 bridgehead atoms. The Hall–Kier alpha value is -0.620. The molecule has 1 fully saturated rings. The van der Waals surface area contributed by atoms with Gasteiger partial charge in [-0.15, -0.1) is 0 Å². The van der Waals surface area contributed by atoms with Crippen LogP contribution in [-0.2, 0) is 9.47 Å². The van der Waals surface area contributed by atoms with Gasteiger partial charge in [0.2, 0.25) is 0 Å². The molecule has 0 radical (unpaired) electrons. The van der Waals surface area contributed by atoms with Crippen LogP contribution in [0, 0.1) is 0 Å². The Kier molecular flexibility index (Phi) is 13.9. The van der Waals surface area contributed by atoms with E-state index in [2.05, 4.69) is 6.92 Å². The van der Waals surface area contributed by atoms with Crippen LogP contribution in [-0.4, -0.2) is 52.9 Å². The fourth-order valence-corrected chi connectivity index (χ4v) is 3.36. The molecule has 0 saturated carbocycles. The maximum Gasteiger partial charge on any atom is 0.154 e. The van der Waals surface area contributed by atoms with E-state index < -0.39 is 31.0 Å². The van der Waals surface area contributed by atoms with Gasteiger partial charge in [-0.2, -0.15) is 0 Å². The lowest BCUT2D eigenvalue weighted by atomic mass is 10.1. The smallest absolute Gasteiger partial charge is 0.154 e. The summed E-state index contributed by atoms with van der Waals surface area (Å²) in [6, 6.07) is 0. The first-order valence-corrected chi connectivity index (χ1v) is 10.6. The summed E-state index contributed by atoms with van der Waals surface area (Å²) >= 11 is 0. The lowest BCUT2D eigenvalue weighted by Gasteiger charge is -2.22. The lowest BCUT2D eigenvalue weighted by molar-refractivity contribution is -0.0721. The molecule has 0 amide bonds. The van der Waals surface area contributed by atoms with Crippen LogP contribution in [0.4, 0.5) is 0 Å². The van der Waals surface area contributed by atoms with Gasteiger partial charge in [-0.3, -0.25) is 0 Å². The van der Waals surface area contributed by atoms with Crippen molar-refractivity contribution in [3.05, 3.63) is 12.3 Å². The summed E-state index contributed by atoms with van der Waals surface area (Å²) in [5.41, 5.74) is 0. The highest BCUT2D eigenvalue weighted by Crippen LogP contribution is 2.21. The Morgan fingerprint density at radius 3 is 2.15 bits per heavy atom. The maximum atomic E-state index is 9.83. The Balaban J connectivity index is 1.96. The maximum absolute atomic E-state index is 9.83. The molecule has 0 aromatic rings. The molecule has 1 aliphatic heterocycles. The predicted molar refractivity (Wildman–Crippen MR) is 104 cm³/mol. The van der Waals surface area contributed by atoms with E-state index >= 15 is 0 Å². The third-order valence-corrected chi connectivity index (χ3v) is 5.04. The molecule has 26 heavy (non-hydrogen) atoms. The van der Waals surface area contributed by atoms with Gasteiger partial charge in [-0.25, -0.2) is 0 Å². The van der Waals surface area contributed by atoms with E-state index in [1.165, 1.54) is 64.2 Å². The van der Waals surface area contributed by atoms with E-state index in [1.54, 1.807) is 6.26 Å². The highest BCUT2D eigenvalue weighted by atomic mass is 16.6. The Morgan fingerprint density at radius 1 is 1.00 bits per heavy atom. The van der Waals surface area contributed by atoms with Crippen LogP contribution in [0.15, 0.2) is 12.3 Å². The minimum Gasteiger partial charge on any atom is -0.493 e. The number of aliphatic hydroxyl groups is 3. The van der Waals surface area contributed by atoms with Crippen molar-refractivity contribution >= 4 is 0 Å². The standard InChI is InChI=1S/C21H40O5/c1-2-3-4-5-6-7-8-9-10-11-12-13-14-15-25-21-19(24)17-26-20(21)18(23)16-22/h14-15,18-24H,2-13,16-17H2,1H3/b15-14+/t18-,19+,20+,21+/m0/s1. The van der Waals surface area contributed by atoms with Gasteiger partial charge in [0.1, 0.15) is 18.3 Å². The van der Waals surface area contributed by atoms with Gasteiger partial charge in [0.25, 0.3) is 0 Å². The van der Waals surface area contributed by atoms with Crippen molar-refractivity contribution in [1.82, 2.24) is 0 Å². The summed E-state index contributed by atoms with van der Waals surface area (Å²) in [5.74, 6) is 0. The molecule has 1 aliphatic rings. The number of unbranched alkanes of at least 4 members (excludes halogenated alkanes) is 11. The van der Waals surface area contributed by atoms with Gasteiger partial charge >= 0.3 is 0 Å². The highest BCUT2D eigenvalue weighted by Gasteiger charge is 2.41. The minimum atomic E-state index is -1.03. The number of ether oxygens (including phenoxy) is 2. The Bertz CT molecular complexity index is 347. The average Bonchev–Trinajstić information content (AvgIpc) is 3.02. The summed E-state index contributed by atoms with van der Waals surface area (Å²) in [7, 11) is 0. The molecule has 154 valence electrons. The number of hydrogen-bond acceptors (Lipinski definition) is 5. The van der Waals surface area contributed by atoms with Crippen molar-refractivity contribution in [2.45, 2.75) is 108 Å². The SMILES string of the molecule is CCCCCCCCCCCCC/C=C/O[C@H]1[C@@H]([C@@H](O)CO)OC[C@H]1O. The van der Waals surface area contributed by atoms with Crippen LogP contribution < -0.4 is 0 Å². The molecular weight excluding hydrogens is 332 g/mol. The van der Waals surface area contributed by atoms with Crippen molar-refractivity contribution in [2.24, 2.45) is 0 Å². The average molecular weight is 373 g/mol. The van der Waals surface area contributed by atoms with Crippen molar-refractivity contribution in [1.29, 1.82) is 0 Å². The zero-order chi connectivity index (χ0) is 19.0. The van der Waals surface area contributed by atoms with E-state index in [4.69, 9.17) is 14.6 Å². The first-order chi connectivity index (χ1) is 12.7. The summed E-state index contributed by atoms with van der Waals surface area (Å²) in [6.07, 6.45) is 16.0. The van der Waals surface area contributed by atoms with Crippen LogP contribution >= 0.6 is 0 Å². The Labute approximate surface area is 159 Å². The highest BCUT2D eigenvalue weighted by molar-refractivity contribution is 4.91. The molecule has 5 nitrogen and oxygen atoms in total. The largest absolute Gasteiger partial charge is 0.493 e. The topological polar surface area (TPSA) is 79.2 Å². The molecule has 0 spiro atoms. The van der Waals surface area contributed by atoms with E-state index in [9.17, 15) is 10.2 Å². The van der Waals surface area contributed by atoms with Crippen LogP contribution in [0.1, 0.15) is 84.0 Å². The minimum absolute atomic E-state index is 0.124. The first kappa shape index (κ1) is 23.4. The molecule has 0 unspecified atom stereocenters. The fourth-order valence-electron chi connectivity index (χ4n) is 3.36. The quantitative estimate of drug-likeness (QED) is 0.284. The van der Waals surface area contributed by atoms with E-state index in [0.29, 0.717) is 0 Å². The third kappa shape index (κ3) is 9.91. The van der Waals surface area contributed by atoms with Crippen molar-refractivity contribution in [3.63, 3.8) is 0 Å². The molecule has 3 N–H and O–H groups in total. The predicted octanol–water partition coefficient (Wildman–Crippen LogP) is 3.70. The molecule has 1 heterocycles. The normalized spacial score (nSPS) is 24.4. The molecule has 4 atom stereocenters. The number of aliphatic hydroxyl groups excluding tert-OH is 3. The van der Waals surface area contributed by atoms with Crippen LogP contribution in [0.25, 0.3) is 0 Å². The molecule has 1 rings (SSSR count). The van der Waals surface area contributed by atoms with E-state index in [-0.39, 0.29) is 6.61 Å². The third-order valence-electron chi connectivity index (χ3n) is 5.04. The van der Waals surface area contributed by atoms with Crippen molar-refractivity contribution in [3.8, 4) is 0 Å². The summed E-state index contributed by atoms with van der Waals surface area (Å²) in [4.78, 5) is 0. The van der Waals surface area contributed by atoms with Crippen LogP contribution in [0.5, 0.6) is 0 Å². The van der Waals surface area contributed by atoms with E-state index in [0.717, 1.165) is 12.8 Å². The second kappa shape index (κ2) is 15.4. The van der Waals surface area contributed by atoms with Gasteiger partial charge in [-0.1, -0.05) is 71.1 Å². The summed E-state index contributed by atoms with van der Waals surface area (Å²) in [5, 5.41) is 28.5.